The number of cyclic esters (lactones) is 2. The number of fused-ring (bicyclic) bond motifs is 1. The molecule has 0 amide bonds. The molecule has 1 aliphatic heterocycles. The average Bonchev–Trinajstić information content (AvgIpc) is 2.64. The van der Waals surface area contributed by atoms with E-state index in [2.05, 4.69) is 11.7 Å². The molecule has 4 nitrogen and oxygen atoms in total. The molecule has 0 aromatic heterocycles. The minimum absolute atomic E-state index is 0.0138. The van der Waals surface area contributed by atoms with Crippen molar-refractivity contribution in [2.75, 3.05) is 0 Å². The first-order chi connectivity index (χ1) is 8.63. The Morgan fingerprint density at radius 1 is 1.28 bits per heavy atom. The highest BCUT2D eigenvalue weighted by Gasteiger charge is 2.33. The molecule has 1 heterocycles. The van der Waals surface area contributed by atoms with E-state index in [4.69, 9.17) is 4.74 Å². The molecule has 0 fully saturated rings. The smallest absolute Gasteiger partial charge is 0.350 e. The molecule has 18 heavy (non-hydrogen) atoms. The van der Waals surface area contributed by atoms with Gasteiger partial charge in [-0.25, -0.2) is 9.59 Å². The molecule has 0 aliphatic carbocycles. The summed E-state index contributed by atoms with van der Waals surface area (Å²) in [5, 5.41) is 0. The zero-order chi connectivity index (χ0) is 13.1. The van der Waals surface area contributed by atoms with Gasteiger partial charge in [-0.3, -0.25) is 0 Å². The number of carbonyl (C=O) groups is 2. The van der Waals surface area contributed by atoms with Crippen LogP contribution in [-0.2, 0) is 4.74 Å². The van der Waals surface area contributed by atoms with E-state index in [1.165, 1.54) is 0 Å². The van der Waals surface area contributed by atoms with Crippen molar-refractivity contribution in [3.05, 3.63) is 29.3 Å². The fourth-order valence-electron chi connectivity index (χ4n) is 1.97. The summed E-state index contributed by atoms with van der Waals surface area (Å²) >= 11 is 0. The molecule has 0 saturated carbocycles. The van der Waals surface area contributed by atoms with Gasteiger partial charge in [0.15, 0.2) is 0 Å². The second-order valence-corrected chi connectivity index (χ2v) is 4.43. The van der Waals surface area contributed by atoms with E-state index in [-0.39, 0.29) is 11.7 Å². The Balaban J connectivity index is 2.20. The monoisotopic (exact) mass is 248 g/mol. The van der Waals surface area contributed by atoms with Crippen molar-refractivity contribution in [1.82, 2.24) is 0 Å². The molecule has 1 aromatic carbocycles. The number of ether oxygens (including phenoxy) is 2. The molecule has 1 aromatic rings. The maximum absolute atomic E-state index is 11.6. The van der Waals surface area contributed by atoms with E-state index in [1.807, 2.05) is 6.92 Å². The van der Waals surface area contributed by atoms with Gasteiger partial charge in [0.25, 0.3) is 0 Å². The number of rotatable bonds is 5. The number of hydrogen-bond donors (Lipinski definition) is 0. The summed E-state index contributed by atoms with van der Waals surface area (Å²) in [6, 6.07) is 4.97. The van der Waals surface area contributed by atoms with Crippen LogP contribution in [-0.4, -0.2) is 18.0 Å². The summed E-state index contributed by atoms with van der Waals surface area (Å²) in [7, 11) is 0. The lowest BCUT2D eigenvalue weighted by Gasteiger charge is -2.15. The highest BCUT2D eigenvalue weighted by atomic mass is 16.6. The summed E-state index contributed by atoms with van der Waals surface area (Å²) in [6.45, 7) is 4.07. The lowest BCUT2D eigenvalue weighted by atomic mass is 10.1. The summed E-state index contributed by atoms with van der Waals surface area (Å²) in [6.07, 6.45) is 3.10. The fraction of sp³-hybridized carbons (Fsp3) is 0.429. The Kier molecular flexibility index (Phi) is 3.65. The number of carbonyl (C=O) groups excluding carboxylic acids is 2. The minimum atomic E-state index is -0.617. The molecule has 0 saturated heterocycles. The minimum Gasteiger partial charge on any atom is -0.490 e. The predicted octanol–water partition coefficient (Wildman–Crippen LogP) is 2.95. The zero-order valence-corrected chi connectivity index (χ0v) is 10.6. The van der Waals surface area contributed by atoms with Crippen LogP contribution < -0.4 is 4.74 Å². The Bertz CT molecular complexity index is 479. The van der Waals surface area contributed by atoms with Crippen molar-refractivity contribution in [1.29, 1.82) is 0 Å². The first-order valence-corrected chi connectivity index (χ1v) is 6.19. The number of unbranched alkanes of at least 4 members (excludes halogenated alkanes) is 1. The van der Waals surface area contributed by atoms with Crippen molar-refractivity contribution in [3.63, 3.8) is 0 Å². The molecular formula is C14H16O4. The Hall–Kier alpha value is -1.84. The first-order valence-electron chi connectivity index (χ1n) is 6.19. The number of hydrogen-bond acceptors (Lipinski definition) is 4. The van der Waals surface area contributed by atoms with Crippen LogP contribution in [0.25, 0.3) is 0 Å². The second-order valence-electron chi connectivity index (χ2n) is 4.43. The van der Waals surface area contributed by atoms with Crippen LogP contribution in [0.2, 0.25) is 0 Å². The first kappa shape index (κ1) is 12.6. The fourth-order valence-corrected chi connectivity index (χ4v) is 1.97. The molecule has 2 rings (SSSR count). The van der Waals surface area contributed by atoms with Crippen LogP contribution in [0.4, 0.5) is 0 Å². The molecule has 4 heteroatoms. The number of benzene rings is 1. The van der Waals surface area contributed by atoms with E-state index >= 15 is 0 Å². The van der Waals surface area contributed by atoms with Crippen LogP contribution in [0.5, 0.6) is 5.75 Å². The summed E-state index contributed by atoms with van der Waals surface area (Å²) in [5.41, 5.74) is 0.547. The third-order valence-corrected chi connectivity index (χ3v) is 2.93. The van der Waals surface area contributed by atoms with E-state index in [1.54, 1.807) is 18.2 Å². The van der Waals surface area contributed by atoms with E-state index < -0.39 is 11.9 Å². The van der Waals surface area contributed by atoms with Crippen LogP contribution in [0.3, 0.4) is 0 Å². The van der Waals surface area contributed by atoms with Gasteiger partial charge in [0, 0.05) is 0 Å². The summed E-state index contributed by atoms with van der Waals surface area (Å²) in [4.78, 5) is 23.0. The maximum atomic E-state index is 11.6. The molecule has 1 aliphatic rings. The highest BCUT2D eigenvalue weighted by molar-refractivity contribution is 6.16. The largest absolute Gasteiger partial charge is 0.490 e. The summed E-state index contributed by atoms with van der Waals surface area (Å²) < 4.78 is 10.3. The van der Waals surface area contributed by atoms with Gasteiger partial charge in [-0.05, 0) is 25.5 Å². The van der Waals surface area contributed by atoms with E-state index in [0.717, 1.165) is 19.3 Å². The summed E-state index contributed by atoms with van der Waals surface area (Å²) in [5.74, 6) is -0.776. The second kappa shape index (κ2) is 5.21. The Morgan fingerprint density at radius 2 is 2.06 bits per heavy atom. The van der Waals surface area contributed by atoms with Gasteiger partial charge in [-0.1, -0.05) is 25.8 Å². The van der Waals surface area contributed by atoms with Gasteiger partial charge in [-0.15, -0.1) is 0 Å². The third-order valence-electron chi connectivity index (χ3n) is 2.93. The molecular weight excluding hydrogens is 232 g/mol. The SMILES string of the molecule is CCCCC(C)Oc1cccc2c1C(=O)OC2=O. The van der Waals surface area contributed by atoms with Gasteiger partial charge in [0.2, 0.25) is 0 Å². The molecule has 0 N–H and O–H groups in total. The Labute approximate surface area is 106 Å². The standard InChI is InChI=1S/C14H16O4/c1-3-4-6-9(2)17-11-8-5-7-10-12(11)14(16)18-13(10)15/h5,7-9H,3-4,6H2,1-2H3. The van der Waals surface area contributed by atoms with Crippen LogP contribution in [0, 0.1) is 0 Å². The van der Waals surface area contributed by atoms with Crippen molar-refractivity contribution in [2.24, 2.45) is 0 Å². The van der Waals surface area contributed by atoms with Gasteiger partial charge in [0.1, 0.15) is 11.3 Å². The predicted molar refractivity (Wildman–Crippen MR) is 65.8 cm³/mol. The van der Waals surface area contributed by atoms with Crippen LogP contribution in [0.15, 0.2) is 18.2 Å². The van der Waals surface area contributed by atoms with Gasteiger partial charge in [-0.2, -0.15) is 0 Å². The van der Waals surface area contributed by atoms with Gasteiger partial charge < -0.3 is 9.47 Å². The van der Waals surface area contributed by atoms with Crippen LogP contribution >= 0.6 is 0 Å². The van der Waals surface area contributed by atoms with Crippen molar-refractivity contribution >= 4 is 11.9 Å². The quantitative estimate of drug-likeness (QED) is 0.593. The van der Waals surface area contributed by atoms with E-state index in [0.29, 0.717) is 11.3 Å². The molecule has 96 valence electrons. The average molecular weight is 248 g/mol. The Morgan fingerprint density at radius 3 is 2.78 bits per heavy atom. The van der Waals surface area contributed by atoms with Crippen molar-refractivity contribution in [2.45, 2.75) is 39.2 Å². The normalized spacial score (nSPS) is 15.2. The molecule has 1 atom stereocenters. The molecule has 0 bridgehead atoms. The lowest BCUT2D eigenvalue weighted by molar-refractivity contribution is 0.0442. The van der Waals surface area contributed by atoms with Gasteiger partial charge in [0.05, 0.1) is 11.7 Å². The van der Waals surface area contributed by atoms with Crippen molar-refractivity contribution < 1.29 is 19.1 Å². The van der Waals surface area contributed by atoms with Crippen LogP contribution in [0.1, 0.15) is 53.8 Å². The molecule has 1 unspecified atom stereocenters. The maximum Gasteiger partial charge on any atom is 0.350 e. The molecule has 0 radical (unpaired) electrons. The third kappa shape index (κ3) is 2.37. The zero-order valence-electron chi connectivity index (χ0n) is 10.6. The highest BCUT2D eigenvalue weighted by Crippen LogP contribution is 2.30. The van der Waals surface area contributed by atoms with Gasteiger partial charge >= 0.3 is 11.9 Å². The number of esters is 2. The topological polar surface area (TPSA) is 52.6 Å². The van der Waals surface area contributed by atoms with Crippen molar-refractivity contribution in [3.8, 4) is 5.75 Å². The molecule has 0 spiro atoms. The lowest BCUT2D eigenvalue weighted by Crippen LogP contribution is -2.13. The van der Waals surface area contributed by atoms with E-state index in [9.17, 15) is 9.59 Å².